The molecule has 13 heteroatoms. The van der Waals surface area contributed by atoms with Gasteiger partial charge in [0.2, 0.25) is 11.8 Å². The monoisotopic (exact) mass is 786 g/mol. The van der Waals surface area contributed by atoms with Gasteiger partial charge in [-0.3, -0.25) is 24.3 Å². The van der Waals surface area contributed by atoms with E-state index < -0.39 is 29.9 Å². The molecule has 0 aliphatic carbocycles. The fourth-order valence-corrected chi connectivity index (χ4v) is 8.88. The number of methoxy groups -OCH3 is 2. The first-order valence-electron chi connectivity index (χ1n) is 19.9. The number of nitrogens with one attached hydrogen (secondary N) is 2. The lowest BCUT2D eigenvalue weighted by Gasteiger charge is -2.30. The maximum atomic E-state index is 15.9. The number of anilines is 1. The summed E-state index contributed by atoms with van der Waals surface area (Å²) in [5.41, 5.74) is 7.99. The third-order valence-electron chi connectivity index (χ3n) is 12.0. The number of para-hydroxylation sites is 1. The van der Waals surface area contributed by atoms with E-state index in [4.69, 9.17) is 14.5 Å². The van der Waals surface area contributed by atoms with Crippen molar-refractivity contribution in [3.63, 3.8) is 0 Å². The summed E-state index contributed by atoms with van der Waals surface area (Å²) in [5, 5.41) is 2.70. The number of esters is 1. The molecule has 4 aliphatic rings. The van der Waals surface area contributed by atoms with Gasteiger partial charge in [-0.2, -0.15) is 0 Å². The number of benzene rings is 3. The van der Waals surface area contributed by atoms with Crippen LogP contribution in [0.2, 0.25) is 0 Å². The van der Waals surface area contributed by atoms with Crippen molar-refractivity contribution >= 4 is 41.0 Å². The molecule has 4 aliphatic heterocycles. The van der Waals surface area contributed by atoms with Crippen LogP contribution < -0.4 is 10.2 Å². The minimum Gasteiger partial charge on any atom is -0.469 e. The Labute approximate surface area is 336 Å². The topological polar surface area (TPSA) is 146 Å². The molecule has 0 saturated carbocycles. The van der Waals surface area contributed by atoms with Crippen molar-refractivity contribution in [1.82, 2.24) is 20.2 Å². The highest BCUT2D eigenvalue weighted by Crippen LogP contribution is 2.45. The van der Waals surface area contributed by atoms with Gasteiger partial charge in [0.1, 0.15) is 17.7 Å². The number of aryl methyl sites for hydroxylation is 1. The van der Waals surface area contributed by atoms with E-state index in [9.17, 15) is 19.2 Å². The van der Waals surface area contributed by atoms with Crippen molar-refractivity contribution in [3.8, 4) is 22.4 Å². The second-order valence-corrected chi connectivity index (χ2v) is 15.8. The Morgan fingerprint density at radius 2 is 1.72 bits per heavy atom. The molecule has 12 nitrogen and oxygen atoms in total. The molecule has 0 spiro atoms. The molecule has 0 radical (unpaired) electrons. The van der Waals surface area contributed by atoms with Crippen molar-refractivity contribution < 1.29 is 33.0 Å². The number of hydrogen-bond donors (Lipinski definition) is 2. The van der Waals surface area contributed by atoms with Crippen molar-refractivity contribution in [2.45, 2.75) is 76.9 Å². The Morgan fingerprint density at radius 1 is 0.966 bits per heavy atom. The van der Waals surface area contributed by atoms with Crippen molar-refractivity contribution in [3.05, 3.63) is 101 Å². The van der Waals surface area contributed by atoms with Crippen LogP contribution in [-0.4, -0.2) is 77.3 Å². The van der Waals surface area contributed by atoms with Crippen LogP contribution in [0.4, 0.5) is 14.9 Å². The molecule has 1 aromatic heterocycles. The number of allylic oxidation sites excluding steroid dienone is 1. The number of carbonyl (C=O) groups excluding carboxylic acids is 4. The number of aromatic amines is 1. The average molecular weight is 787 g/mol. The molecule has 8 rings (SSSR count). The summed E-state index contributed by atoms with van der Waals surface area (Å²) in [4.78, 5) is 68.3. The Hall–Kier alpha value is -6.11. The highest BCUT2D eigenvalue weighted by Gasteiger charge is 2.43. The molecule has 5 heterocycles. The SMILES string of the molecule is COC(=O)C[C@H](C(=O)N1CCC[C@H]1C1=NC(c2ccc(-c3ccc(-c4cnc([C@@H]5Cc6cccc7c6N5C(=O)[C@@H](NC(=O)OC)CC7)[nH]4)cc3F)cc2)=CC1)C(C)C. The molecule has 0 bridgehead atoms. The molecule has 3 amide bonds. The van der Waals surface area contributed by atoms with Crippen LogP contribution in [0.15, 0.2) is 77.9 Å². The fourth-order valence-electron chi connectivity index (χ4n) is 8.88. The molecule has 58 heavy (non-hydrogen) atoms. The van der Waals surface area contributed by atoms with Crippen LogP contribution in [0.5, 0.6) is 0 Å². The zero-order valence-corrected chi connectivity index (χ0v) is 33.1. The molecule has 4 aromatic rings. The van der Waals surface area contributed by atoms with Crippen molar-refractivity contribution in [1.29, 1.82) is 0 Å². The third-order valence-corrected chi connectivity index (χ3v) is 12.0. The number of halogens is 1. The molecular weight excluding hydrogens is 740 g/mol. The van der Waals surface area contributed by atoms with Gasteiger partial charge in [-0.25, -0.2) is 14.2 Å². The number of aromatic nitrogens is 2. The van der Waals surface area contributed by atoms with Gasteiger partial charge in [0.05, 0.1) is 61.9 Å². The molecule has 300 valence electrons. The van der Waals surface area contributed by atoms with Gasteiger partial charge in [0.15, 0.2) is 0 Å². The van der Waals surface area contributed by atoms with E-state index in [1.807, 2.05) is 67.3 Å². The first kappa shape index (κ1) is 38.7. The largest absolute Gasteiger partial charge is 0.469 e. The maximum absolute atomic E-state index is 15.9. The normalized spacial score (nSPS) is 20.4. The second-order valence-electron chi connectivity index (χ2n) is 15.8. The first-order valence-corrected chi connectivity index (χ1v) is 19.9. The summed E-state index contributed by atoms with van der Waals surface area (Å²) in [6, 6.07) is 17.4. The maximum Gasteiger partial charge on any atom is 0.407 e. The van der Waals surface area contributed by atoms with Crippen molar-refractivity contribution in [2.24, 2.45) is 16.8 Å². The Balaban J connectivity index is 0.962. The van der Waals surface area contributed by atoms with Crippen LogP contribution in [0.25, 0.3) is 28.1 Å². The van der Waals surface area contributed by atoms with Crippen LogP contribution in [0.3, 0.4) is 0 Å². The smallest absolute Gasteiger partial charge is 0.407 e. The standard InChI is InChI=1S/C45H47FN6O6/c1-25(2)32(23-40(53)57-3)43(54)51-20-6-9-38(51)35-19-18-34(48-35)27-12-10-26(11-13-27)31-16-14-29(21-33(31)46)37-24-47-42(49-37)39-22-30-8-5-7-28-15-17-36(50-45(56)58-4)44(55)52(39)41(28)30/h5,7-8,10-14,16,18,21,24-25,32,36,38-39H,6,9,15,17,19-20,22-23H2,1-4H3,(H,47,49)(H,50,56)/t32-,36-,38-,39-/m0/s1. The summed E-state index contributed by atoms with van der Waals surface area (Å²) in [5.74, 6) is -0.906. The van der Waals surface area contributed by atoms with E-state index in [0.717, 1.165) is 46.6 Å². The van der Waals surface area contributed by atoms with E-state index in [1.54, 1.807) is 17.2 Å². The summed E-state index contributed by atoms with van der Waals surface area (Å²) in [6.45, 7) is 4.55. The van der Waals surface area contributed by atoms with Gasteiger partial charge in [-0.1, -0.05) is 74.5 Å². The second kappa shape index (κ2) is 16.0. The van der Waals surface area contributed by atoms with Gasteiger partial charge >= 0.3 is 12.1 Å². The van der Waals surface area contributed by atoms with Crippen LogP contribution >= 0.6 is 0 Å². The van der Waals surface area contributed by atoms with Crippen LogP contribution in [0, 0.1) is 17.7 Å². The number of aliphatic imine (C=N–C) groups is 1. The van der Waals surface area contributed by atoms with Gasteiger partial charge < -0.3 is 24.7 Å². The lowest BCUT2D eigenvalue weighted by atomic mass is 9.90. The third kappa shape index (κ3) is 7.29. The Bertz CT molecular complexity index is 2330. The van der Waals surface area contributed by atoms with Crippen molar-refractivity contribution in [2.75, 3.05) is 25.7 Å². The van der Waals surface area contributed by atoms with E-state index in [-0.39, 0.29) is 36.2 Å². The zero-order valence-electron chi connectivity index (χ0n) is 33.1. The number of likely N-dealkylation sites (tertiary alicyclic amines) is 1. The molecule has 1 saturated heterocycles. The molecular formula is C45H47FN6O6. The van der Waals surface area contributed by atoms with Gasteiger partial charge in [0, 0.05) is 36.2 Å². The quantitative estimate of drug-likeness (QED) is 0.162. The van der Waals surface area contributed by atoms with Crippen LogP contribution in [-0.2, 0) is 36.7 Å². The van der Waals surface area contributed by atoms with Crippen LogP contribution in [0.1, 0.15) is 74.5 Å². The minimum atomic E-state index is -0.748. The molecule has 1 fully saturated rings. The minimum absolute atomic E-state index is 0.00388. The average Bonchev–Trinajstić information content (AvgIpc) is 4.06. The number of nitrogens with zero attached hydrogens (tertiary/aromatic N) is 4. The molecule has 0 unspecified atom stereocenters. The summed E-state index contributed by atoms with van der Waals surface area (Å²) < 4.78 is 25.5. The predicted molar refractivity (Wildman–Crippen MR) is 217 cm³/mol. The number of H-pyrrole nitrogens is 1. The van der Waals surface area contributed by atoms with E-state index in [0.29, 0.717) is 60.4 Å². The van der Waals surface area contributed by atoms with E-state index >= 15 is 4.39 Å². The molecule has 2 N–H and O–H groups in total. The van der Waals surface area contributed by atoms with Gasteiger partial charge in [-0.05, 0) is 59.9 Å². The lowest BCUT2D eigenvalue weighted by molar-refractivity contribution is -0.148. The van der Waals surface area contributed by atoms with Gasteiger partial charge in [0.25, 0.3) is 0 Å². The Morgan fingerprint density at radius 3 is 2.47 bits per heavy atom. The number of hydrogen-bond acceptors (Lipinski definition) is 8. The summed E-state index contributed by atoms with van der Waals surface area (Å²) >= 11 is 0. The number of carbonyl (C=O) groups is 4. The molecule has 3 aromatic carbocycles. The number of alkyl carbamates (subject to hydrolysis) is 1. The number of rotatable bonds is 10. The summed E-state index contributed by atoms with van der Waals surface area (Å²) in [7, 11) is 2.62. The van der Waals surface area contributed by atoms with E-state index in [2.05, 4.69) is 21.4 Å². The predicted octanol–water partition coefficient (Wildman–Crippen LogP) is 7.20. The molecule has 4 atom stereocenters. The van der Waals surface area contributed by atoms with Gasteiger partial charge in [-0.15, -0.1) is 0 Å². The highest BCUT2D eigenvalue weighted by molar-refractivity contribution is 6.03. The Kier molecular flexibility index (Phi) is 10.7. The highest BCUT2D eigenvalue weighted by atomic mass is 19.1. The fraction of sp³-hybridized carbons (Fsp3) is 0.378. The first-order chi connectivity index (χ1) is 28.0. The number of imidazole rings is 1. The zero-order chi connectivity index (χ0) is 40.7. The summed E-state index contributed by atoms with van der Waals surface area (Å²) in [6.07, 6.45) is 7.09. The van der Waals surface area contributed by atoms with E-state index in [1.165, 1.54) is 20.3 Å². The lowest BCUT2D eigenvalue weighted by Crippen LogP contribution is -2.48. The number of ether oxygens (including phenoxy) is 2. The number of amides is 3.